The molecule has 0 fully saturated rings. The highest BCUT2D eigenvalue weighted by Crippen LogP contribution is 2.27. The first-order valence-electron chi connectivity index (χ1n) is 7.89. The highest BCUT2D eigenvalue weighted by Gasteiger charge is 2.23. The molecule has 0 radical (unpaired) electrons. The van der Waals surface area contributed by atoms with E-state index in [1.807, 2.05) is 0 Å². The minimum absolute atomic E-state index is 0.0308. The van der Waals surface area contributed by atoms with Crippen LogP contribution in [0.1, 0.15) is 26.4 Å². The number of rotatable bonds is 4. The average Bonchev–Trinajstić information content (AvgIpc) is 2.93. The van der Waals surface area contributed by atoms with E-state index in [2.05, 4.69) is 0 Å². The molecule has 7 heteroatoms. The average molecular weight is 352 g/mol. The van der Waals surface area contributed by atoms with Crippen molar-refractivity contribution >= 4 is 28.5 Å². The number of aromatic nitrogens is 1. The SMILES string of the molecule is COC(=O)c1c(C)n(C(=O)Cc2ccc([N+](=O)[O-])cc2)c2ccccc12. The van der Waals surface area contributed by atoms with Crippen LogP contribution in [0.5, 0.6) is 0 Å². The molecule has 1 aromatic heterocycles. The molecule has 7 nitrogen and oxygen atoms in total. The van der Waals surface area contributed by atoms with Crippen molar-refractivity contribution in [3.8, 4) is 0 Å². The van der Waals surface area contributed by atoms with Crippen molar-refractivity contribution in [1.82, 2.24) is 4.57 Å². The molecule has 0 spiro atoms. The number of para-hydroxylation sites is 1. The smallest absolute Gasteiger partial charge is 0.340 e. The summed E-state index contributed by atoms with van der Waals surface area (Å²) in [5, 5.41) is 11.4. The number of nitro benzene ring substituents is 1. The first-order chi connectivity index (χ1) is 12.4. The van der Waals surface area contributed by atoms with Crippen LogP contribution in [-0.2, 0) is 11.2 Å². The number of hydrogen-bond acceptors (Lipinski definition) is 5. The highest BCUT2D eigenvalue weighted by atomic mass is 16.6. The van der Waals surface area contributed by atoms with E-state index in [0.717, 1.165) is 0 Å². The third-order valence-corrected chi connectivity index (χ3v) is 4.25. The Morgan fingerprint density at radius 3 is 2.38 bits per heavy atom. The minimum atomic E-state index is -0.499. The number of fused-ring (bicyclic) bond motifs is 1. The van der Waals surface area contributed by atoms with Gasteiger partial charge in [-0.15, -0.1) is 0 Å². The molecule has 2 aromatic carbocycles. The predicted molar refractivity (Wildman–Crippen MR) is 95.4 cm³/mol. The van der Waals surface area contributed by atoms with Gasteiger partial charge in [-0.25, -0.2) is 4.79 Å². The maximum absolute atomic E-state index is 12.9. The Balaban J connectivity index is 2.02. The van der Waals surface area contributed by atoms with Crippen LogP contribution in [0.25, 0.3) is 10.9 Å². The molecule has 3 aromatic rings. The van der Waals surface area contributed by atoms with Crippen molar-refractivity contribution in [2.24, 2.45) is 0 Å². The lowest BCUT2D eigenvalue weighted by atomic mass is 10.1. The van der Waals surface area contributed by atoms with E-state index in [0.29, 0.717) is 27.7 Å². The summed E-state index contributed by atoms with van der Waals surface area (Å²) < 4.78 is 6.33. The van der Waals surface area contributed by atoms with E-state index < -0.39 is 10.9 Å². The van der Waals surface area contributed by atoms with E-state index in [1.165, 1.54) is 23.8 Å². The number of benzene rings is 2. The van der Waals surface area contributed by atoms with Crippen molar-refractivity contribution in [1.29, 1.82) is 0 Å². The summed E-state index contributed by atoms with van der Waals surface area (Å²) >= 11 is 0. The molecular weight excluding hydrogens is 336 g/mol. The third kappa shape index (κ3) is 2.95. The van der Waals surface area contributed by atoms with Gasteiger partial charge < -0.3 is 4.74 Å². The van der Waals surface area contributed by atoms with E-state index in [4.69, 9.17) is 4.74 Å². The number of nitro groups is 1. The monoisotopic (exact) mass is 352 g/mol. The fraction of sp³-hybridized carbons (Fsp3) is 0.158. The Morgan fingerprint density at radius 2 is 1.77 bits per heavy atom. The normalized spacial score (nSPS) is 10.7. The van der Waals surface area contributed by atoms with Gasteiger partial charge in [0.1, 0.15) is 0 Å². The summed E-state index contributed by atoms with van der Waals surface area (Å²) in [6.45, 7) is 1.69. The second-order valence-corrected chi connectivity index (χ2v) is 5.80. The molecule has 0 aliphatic carbocycles. The van der Waals surface area contributed by atoms with Crippen LogP contribution < -0.4 is 0 Å². The van der Waals surface area contributed by atoms with Crippen LogP contribution in [0.4, 0.5) is 5.69 Å². The van der Waals surface area contributed by atoms with Gasteiger partial charge >= 0.3 is 5.97 Å². The quantitative estimate of drug-likeness (QED) is 0.407. The Kier molecular flexibility index (Phi) is 4.53. The van der Waals surface area contributed by atoms with Gasteiger partial charge in [-0.1, -0.05) is 30.3 Å². The Labute approximate surface area is 149 Å². The molecule has 3 rings (SSSR count). The molecule has 0 bridgehead atoms. The van der Waals surface area contributed by atoms with Crippen LogP contribution in [0.15, 0.2) is 48.5 Å². The van der Waals surface area contributed by atoms with E-state index >= 15 is 0 Å². The molecule has 0 aliphatic rings. The molecule has 0 saturated carbocycles. The van der Waals surface area contributed by atoms with Crippen molar-refractivity contribution in [2.45, 2.75) is 13.3 Å². The fourth-order valence-electron chi connectivity index (χ4n) is 3.04. The van der Waals surface area contributed by atoms with Gasteiger partial charge in [0.05, 0.1) is 29.5 Å². The zero-order valence-electron chi connectivity index (χ0n) is 14.3. The van der Waals surface area contributed by atoms with Crippen molar-refractivity contribution < 1.29 is 19.2 Å². The van der Waals surface area contributed by atoms with Crippen LogP contribution in [0.2, 0.25) is 0 Å². The number of nitrogens with zero attached hydrogens (tertiary/aromatic N) is 2. The molecule has 0 atom stereocenters. The first-order valence-corrected chi connectivity index (χ1v) is 7.89. The van der Waals surface area contributed by atoms with Crippen molar-refractivity contribution in [3.05, 3.63) is 75.5 Å². The van der Waals surface area contributed by atoms with Gasteiger partial charge in [0.25, 0.3) is 5.69 Å². The Hall–Kier alpha value is -3.48. The summed E-state index contributed by atoms with van der Waals surface area (Å²) in [7, 11) is 1.30. The zero-order valence-corrected chi connectivity index (χ0v) is 14.3. The van der Waals surface area contributed by atoms with Crippen LogP contribution in [-0.4, -0.2) is 28.5 Å². The van der Waals surface area contributed by atoms with Gasteiger partial charge in [0.15, 0.2) is 0 Å². The summed E-state index contributed by atoms with van der Waals surface area (Å²) in [5.41, 5.74) is 2.11. The standard InChI is InChI=1S/C19H16N2O5/c1-12-18(19(23)26-2)15-5-3-4-6-16(15)20(12)17(22)11-13-7-9-14(10-8-13)21(24)25/h3-10H,11H2,1-2H3. The van der Waals surface area contributed by atoms with Gasteiger partial charge in [0, 0.05) is 23.2 Å². The van der Waals surface area contributed by atoms with Crippen LogP contribution >= 0.6 is 0 Å². The topological polar surface area (TPSA) is 91.4 Å². The van der Waals surface area contributed by atoms with Crippen molar-refractivity contribution in [2.75, 3.05) is 7.11 Å². The maximum atomic E-state index is 12.9. The molecule has 0 saturated heterocycles. The minimum Gasteiger partial charge on any atom is -0.465 e. The van der Waals surface area contributed by atoms with Gasteiger partial charge in [-0.2, -0.15) is 0 Å². The molecule has 26 heavy (non-hydrogen) atoms. The molecule has 0 amide bonds. The lowest BCUT2D eigenvalue weighted by molar-refractivity contribution is -0.384. The van der Waals surface area contributed by atoms with E-state index in [1.54, 1.807) is 43.3 Å². The highest BCUT2D eigenvalue weighted by molar-refractivity contribution is 6.09. The third-order valence-electron chi connectivity index (χ3n) is 4.25. The lowest BCUT2D eigenvalue weighted by Gasteiger charge is -2.07. The number of methoxy groups -OCH3 is 1. The number of non-ortho nitro benzene ring substituents is 1. The molecule has 0 N–H and O–H groups in total. The van der Waals surface area contributed by atoms with Gasteiger partial charge in [-0.05, 0) is 18.6 Å². The lowest BCUT2D eigenvalue weighted by Crippen LogP contribution is -2.16. The first kappa shape index (κ1) is 17.3. The summed E-state index contributed by atoms with van der Waals surface area (Å²) in [6, 6.07) is 13.0. The number of esters is 1. The second kappa shape index (κ2) is 6.79. The van der Waals surface area contributed by atoms with Gasteiger partial charge in [0.2, 0.25) is 5.91 Å². The van der Waals surface area contributed by atoms with E-state index in [9.17, 15) is 19.7 Å². The van der Waals surface area contributed by atoms with Gasteiger partial charge in [-0.3, -0.25) is 19.5 Å². The van der Waals surface area contributed by atoms with E-state index in [-0.39, 0.29) is 18.0 Å². The molecule has 0 unspecified atom stereocenters. The summed E-state index contributed by atoms with van der Waals surface area (Å²) in [6.07, 6.45) is 0.0537. The predicted octanol–water partition coefficient (Wildman–Crippen LogP) is 3.53. The second-order valence-electron chi connectivity index (χ2n) is 5.80. The zero-order chi connectivity index (χ0) is 18.8. The largest absolute Gasteiger partial charge is 0.465 e. The number of hydrogen-bond donors (Lipinski definition) is 0. The summed E-state index contributed by atoms with van der Waals surface area (Å²) in [5.74, 6) is -0.733. The number of carbonyl (C=O) groups excluding carboxylic acids is 2. The van der Waals surface area contributed by atoms with Crippen molar-refractivity contribution in [3.63, 3.8) is 0 Å². The molecule has 1 heterocycles. The summed E-state index contributed by atoms with van der Waals surface area (Å²) in [4.78, 5) is 35.2. The molecule has 132 valence electrons. The fourth-order valence-corrected chi connectivity index (χ4v) is 3.04. The number of ether oxygens (including phenoxy) is 1. The number of carbonyl (C=O) groups is 2. The molecule has 0 aliphatic heterocycles. The maximum Gasteiger partial charge on any atom is 0.340 e. The molecular formula is C19H16N2O5. The van der Waals surface area contributed by atoms with Crippen LogP contribution in [0, 0.1) is 17.0 Å². The van der Waals surface area contributed by atoms with Crippen LogP contribution in [0.3, 0.4) is 0 Å². The Bertz CT molecular complexity index is 1020. The Morgan fingerprint density at radius 1 is 1.12 bits per heavy atom.